The van der Waals surface area contributed by atoms with Gasteiger partial charge in [-0.2, -0.15) is 13.5 Å². The summed E-state index contributed by atoms with van der Waals surface area (Å²) in [5, 5.41) is 8.34. The molecule has 0 spiro atoms. The van der Waals surface area contributed by atoms with Crippen LogP contribution in [0, 0.1) is 0 Å². The molecule has 1 aliphatic heterocycles. The van der Waals surface area contributed by atoms with E-state index in [0.29, 0.717) is 23.6 Å². The predicted octanol–water partition coefficient (Wildman–Crippen LogP) is 0.972. The minimum Gasteiger partial charge on any atom is -0.282 e. The fraction of sp³-hybridized carbons (Fsp3) is 0.182. The van der Waals surface area contributed by atoms with Gasteiger partial charge in [-0.1, -0.05) is 12.1 Å². The Morgan fingerprint density at radius 2 is 2.16 bits per heavy atom. The number of fused-ring (bicyclic) bond motifs is 1. The van der Waals surface area contributed by atoms with E-state index in [1.807, 2.05) is 6.92 Å². The molecule has 3 rings (SSSR count). The standard InChI is InChI=1S/C11H10N4O3S/c1-7-5-10-12-11(14-15(10)13-7)8-3-2-4-9(6-8)19(16,17)18/h2-4,6H,5H2,1H3,(H,16,17,18). The summed E-state index contributed by atoms with van der Waals surface area (Å²) in [7, 11) is -4.23. The van der Waals surface area contributed by atoms with Gasteiger partial charge in [-0.05, 0) is 19.1 Å². The average molecular weight is 278 g/mol. The molecule has 0 saturated carbocycles. The molecule has 7 nitrogen and oxygen atoms in total. The second-order valence-electron chi connectivity index (χ2n) is 4.26. The molecule has 2 heterocycles. The monoisotopic (exact) mass is 278 g/mol. The van der Waals surface area contributed by atoms with Gasteiger partial charge in [-0.25, -0.2) is 4.98 Å². The van der Waals surface area contributed by atoms with E-state index in [1.54, 1.807) is 6.07 Å². The lowest BCUT2D eigenvalue weighted by molar-refractivity contribution is 0.483. The van der Waals surface area contributed by atoms with E-state index in [-0.39, 0.29) is 4.90 Å². The van der Waals surface area contributed by atoms with Gasteiger partial charge in [0.2, 0.25) is 0 Å². The van der Waals surface area contributed by atoms with Crippen molar-refractivity contribution in [2.45, 2.75) is 18.2 Å². The normalized spacial score (nSPS) is 14.3. The van der Waals surface area contributed by atoms with Crippen LogP contribution in [0.5, 0.6) is 0 Å². The zero-order valence-corrected chi connectivity index (χ0v) is 10.8. The van der Waals surface area contributed by atoms with E-state index in [4.69, 9.17) is 4.55 Å². The maximum absolute atomic E-state index is 11.1. The van der Waals surface area contributed by atoms with Crippen molar-refractivity contribution in [1.29, 1.82) is 0 Å². The molecule has 0 radical (unpaired) electrons. The highest BCUT2D eigenvalue weighted by Crippen LogP contribution is 2.21. The molecular formula is C11H10N4O3S. The highest BCUT2D eigenvalue weighted by Gasteiger charge is 2.18. The van der Waals surface area contributed by atoms with Gasteiger partial charge in [-0.15, -0.1) is 9.89 Å². The first-order valence-electron chi connectivity index (χ1n) is 5.52. The van der Waals surface area contributed by atoms with Gasteiger partial charge in [0, 0.05) is 17.7 Å². The first-order chi connectivity index (χ1) is 8.93. The van der Waals surface area contributed by atoms with Crippen LogP contribution in [0.3, 0.4) is 0 Å². The lowest BCUT2D eigenvalue weighted by Gasteiger charge is -1.99. The van der Waals surface area contributed by atoms with Crippen LogP contribution in [0.25, 0.3) is 11.4 Å². The van der Waals surface area contributed by atoms with Crippen molar-refractivity contribution < 1.29 is 13.0 Å². The Balaban J connectivity index is 2.06. The summed E-state index contributed by atoms with van der Waals surface area (Å²) in [5.74, 6) is 1.10. The molecule has 1 aromatic heterocycles. The highest BCUT2D eigenvalue weighted by molar-refractivity contribution is 7.85. The van der Waals surface area contributed by atoms with Crippen molar-refractivity contribution in [2.24, 2.45) is 5.10 Å². The van der Waals surface area contributed by atoms with E-state index < -0.39 is 10.1 Å². The van der Waals surface area contributed by atoms with Crippen LogP contribution in [0.4, 0.5) is 0 Å². The zero-order valence-electron chi connectivity index (χ0n) is 9.98. The zero-order chi connectivity index (χ0) is 13.6. The van der Waals surface area contributed by atoms with Crippen molar-refractivity contribution >= 4 is 15.8 Å². The summed E-state index contributed by atoms with van der Waals surface area (Å²) in [6.45, 7) is 1.88. The van der Waals surface area contributed by atoms with Crippen molar-refractivity contribution in [3.63, 3.8) is 0 Å². The predicted molar refractivity (Wildman–Crippen MR) is 67.5 cm³/mol. The minimum absolute atomic E-state index is 0.181. The molecule has 19 heavy (non-hydrogen) atoms. The molecule has 0 aliphatic carbocycles. The number of benzene rings is 1. The van der Waals surface area contributed by atoms with Crippen molar-refractivity contribution in [3.05, 3.63) is 30.1 Å². The summed E-state index contributed by atoms with van der Waals surface area (Å²) in [6, 6.07) is 5.84. The van der Waals surface area contributed by atoms with Gasteiger partial charge in [0.25, 0.3) is 10.1 Å². The molecule has 0 saturated heterocycles. The number of aromatic nitrogens is 3. The quantitative estimate of drug-likeness (QED) is 0.825. The Morgan fingerprint density at radius 3 is 2.84 bits per heavy atom. The van der Waals surface area contributed by atoms with Gasteiger partial charge in [-0.3, -0.25) is 4.55 Å². The van der Waals surface area contributed by atoms with Crippen LogP contribution in [-0.2, 0) is 16.5 Å². The van der Waals surface area contributed by atoms with Gasteiger partial charge in [0.1, 0.15) is 0 Å². The lowest BCUT2D eigenvalue weighted by Crippen LogP contribution is -1.98. The smallest absolute Gasteiger partial charge is 0.282 e. The lowest BCUT2D eigenvalue weighted by atomic mass is 10.2. The topological polar surface area (TPSA) is 97.4 Å². The molecule has 8 heteroatoms. The van der Waals surface area contributed by atoms with E-state index in [1.165, 1.54) is 23.0 Å². The molecule has 0 atom stereocenters. The average Bonchev–Trinajstić information content (AvgIpc) is 2.85. The third-order valence-corrected chi connectivity index (χ3v) is 3.57. The Kier molecular flexibility index (Phi) is 2.51. The fourth-order valence-electron chi connectivity index (χ4n) is 1.87. The summed E-state index contributed by atoms with van der Waals surface area (Å²) < 4.78 is 31.2. The van der Waals surface area contributed by atoms with Crippen LogP contribution in [0.15, 0.2) is 34.3 Å². The van der Waals surface area contributed by atoms with Gasteiger partial charge >= 0.3 is 0 Å². The molecule has 1 N–H and O–H groups in total. The number of hydrogen-bond donors (Lipinski definition) is 1. The van der Waals surface area contributed by atoms with Gasteiger partial charge in [0.05, 0.1) is 4.90 Å². The van der Waals surface area contributed by atoms with Crippen LogP contribution < -0.4 is 0 Å². The van der Waals surface area contributed by atoms with Crippen molar-refractivity contribution in [3.8, 4) is 11.4 Å². The number of nitrogens with zero attached hydrogens (tertiary/aromatic N) is 4. The fourth-order valence-corrected chi connectivity index (χ4v) is 2.40. The number of hydrogen-bond acceptors (Lipinski definition) is 5. The molecule has 2 aromatic rings. The molecule has 1 aliphatic rings. The van der Waals surface area contributed by atoms with E-state index >= 15 is 0 Å². The Bertz CT molecular complexity index is 792. The Morgan fingerprint density at radius 1 is 1.37 bits per heavy atom. The van der Waals surface area contributed by atoms with E-state index in [0.717, 1.165) is 5.71 Å². The van der Waals surface area contributed by atoms with Gasteiger partial charge < -0.3 is 0 Å². The molecule has 0 bridgehead atoms. The van der Waals surface area contributed by atoms with Crippen molar-refractivity contribution in [2.75, 3.05) is 0 Å². The second-order valence-corrected chi connectivity index (χ2v) is 5.68. The summed E-state index contributed by atoms with van der Waals surface area (Å²) in [4.78, 5) is 5.55. The van der Waals surface area contributed by atoms with Gasteiger partial charge in [0.15, 0.2) is 11.6 Å². The third kappa shape index (κ3) is 2.15. The maximum atomic E-state index is 11.1. The summed E-state index contributed by atoms with van der Waals surface area (Å²) >= 11 is 0. The van der Waals surface area contributed by atoms with E-state index in [2.05, 4.69) is 15.2 Å². The largest absolute Gasteiger partial charge is 0.294 e. The first-order valence-corrected chi connectivity index (χ1v) is 6.96. The molecule has 0 amide bonds. The molecule has 98 valence electrons. The van der Waals surface area contributed by atoms with Crippen LogP contribution >= 0.6 is 0 Å². The third-order valence-electron chi connectivity index (χ3n) is 2.72. The van der Waals surface area contributed by atoms with E-state index in [9.17, 15) is 8.42 Å². The van der Waals surface area contributed by atoms with Crippen molar-refractivity contribution in [1.82, 2.24) is 14.9 Å². The minimum atomic E-state index is -4.23. The molecule has 0 unspecified atom stereocenters. The van der Waals surface area contributed by atoms with Crippen LogP contribution in [-0.4, -0.2) is 33.6 Å². The van der Waals surface area contributed by atoms with Crippen LogP contribution in [0.2, 0.25) is 0 Å². The molecule has 1 aromatic carbocycles. The summed E-state index contributed by atoms with van der Waals surface area (Å²) in [5.41, 5.74) is 1.44. The first kappa shape index (κ1) is 12.0. The van der Waals surface area contributed by atoms with Crippen LogP contribution in [0.1, 0.15) is 12.7 Å². The Hall–Kier alpha value is -2.06. The maximum Gasteiger partial charge on any atom is 0.294 e. The summed E-state index contributed by atoms with van der Waals surface area (Å²) in [6.07, 6.45) is 0.630. The molecular weight excluding hydrogens is 268 g/mol. The Labute approximate surface area is 109 Å². The molecule has 0 fully saturated rings. The SMILES string of the molecule is CC1=Nn2nc(-c3cccc(S(=O)(=O)O)c3)nc2C1. The number of rotatable bonds is 2. The highest BCUT2D eigenvalue weighted by atomic mass is 32.2. The second kappa shape index (κ2) is 3.97.